The van der Waals surface area contributed by atoms with Crippen LogP contribution in [0.2, 0.25) is 5.02 Å². The Morgan fingerprint density at radius 1 is 1.15 bits per heavy atom. The number of amides is 1. The van der Waals surface area contributed by atoms with Gasteiger partial charge in [0.1, 0.15) is 10.7 Å². The van der Waals surface area contributed by atoms with Gasteiger partial charge in [0.05, 0.1) is 0 Å². The van der Waals surface area contributed by atoms with Gasteiger partial charge in [-0.2, -0.15) is 11.3 Å². The highest BCUT2D eigenvalue weighted by Gasteiger charge is 2.12. The van der Waals surface area contributed by atoms with Crippen molar-refractivity contribution in [3.63, 3.8) is 0 Å². The lowest BCUT2D eigenvalue weighted by Crippen LogP contribution is -2.12. The first-order chi connectivity index (χ1) is 9.72. The SMILES string of the molecule is O=C(Nc1ccc(Cl)cc1)c1csc(-c2ccsc2)n1. The number of thiazole rings is 1. The number of benzene rings is 1. The second-order valence-corrected chi connectivity index (χ2v) is 6.09. The second kappa shape index (κ2) is 5.75. The van der Waals surface area contributed by atoms with Gasteiger partial charge in [0.25, 0.3) is 5.91 Å². The number of hydrogen-bond acceptors (Lipinski definition) is 4. The van der Waals surface area contributed by atoms with Crippen molar-refractivity contribution >= 4 is 45.9 Å². The molecule has 2 aromatic heterocycles. The molecule has 0 aliphatic carbocycles. The van der Waals surface area contributed by atoms with Crippen LogP contribution in [0, 0.1) is 0 Å². The molecule has 3 nitrogen and oxygen atoms in total. The van der Waals surface area contributed by atoms with Gasteiger partial charge in [-0.3, -0.25) is 4.79 Å². The van der Waals surface area contributed by atoms with E-state index >= 15 is 0 Å². The van der Waals surface area contributed by atoms with Crippen LogP contribution >= 0.6 is 34.3 Å². The van der Waals surface area contributed by atoms with Crippen molar-refractivity contribution in [3.8, 4) is 10.6 Å². The van der Waals surface area contributed by atoms with E-state index in [9.17, 15) is 4.79 Å². The molecule has 0 aliphatic heterocycles. The van der Waals surface area contributed by atoms with Gasteiger partial charge in [0, 0.05) is 27.0 Å². The van der Waals surface area contributed by atoms with Crippen molar-refractivity contribution in [2.75, 3.05) is 5.32 Å². The Labute approximate surface area is 128 Å². The first-order valence-electron chi connectivity index (χ1n) is 5.77. The Hall–Kier alpha value is -1.69. The third kappa shape index (κ3) is 2.90. The molecule has 3 rings (SSSR count). The Morgan fingerprint density at radius 3 is 2.65 bits per heavy atom. The van der Waals surface area contributed by atoms with E-state index in [4.69, 9.17) is 11.6 Å². The van der Waals surface area contributed by atoms with Gasteiger partial charge in [0.15, 0.2) is 0 Å². The maximum atomic E-state index is 12.1. The molecule has 0 bridgehead atoms. The van der Waals surface area contributed by atoms with Gasteiger partial charge in [-0.05, 0) is 35.7 Å². The zero-order valence-electron chi connectivity index (χ0n) is 10.2. The molecule has 100 valence electrons. The van der Waals surface area contributed by atoms with Crippen LogP contribution < -0.4 is 5.32 Å². The maximum Gasteiger partial charge on any atom is 0.275 e. The molecule has 1 N–H and O–H groups in total. The fourth-order valence-corrected chi connectivity index (χ4v) is 3.26. The number of carbonyl (C=O) groups is 1. The summed E-state index contributed by atoms with van der Waals surface area (Å²) in [6, 6.07) is 8.97. The zero-order chi connectivity index (χ0) is 13.9. The molecule has 2 heterocycles. The molecule has 0 saturated carbocycles. The fraction of sp³-hybridized carbons (Fsp3) is 0. The largest absolute Gasteiger partial charge is 0.321 e. The molecular formula is C14H9ClN2OS2. The summed E-state index contributed by atoms with van der Waals surface area (Å²) < 4.78 is 0. The van der Waals surface area contributed by atoms with Gasteiger partial charge in [0.2, 0.25) is 0 Å². The Bertz CT molecular complexity index is 720. The Morgan fingerprint density at radius 2 is 1.95 bits per heavy atom. The van der Waals surface area contributed by atoms with Crippen LogP contribution in [0.5, 0.6) is 0 Å². The van der Waals surface area contributed by atoms with Crippen LogP contribution in [-0.2, 0) is 0 Å². The topological polar surface area (TPSA) is 42.0 Å². The second-order valence-electron chi connectivity index (χ2n) is 4.01. The van der Waals surface area contributed by atoms with Crippen molar-refractivity contribution in [1.29, 1.82) is 0 Å². The van der Waals surface area contributed by atoms with Crippen molar-refractivity contribution < 1.29 is 4.79 Å². The summed E-state index contributed by atoms with van der Waals surface area (Å²) in [5.74, 6) is -0.218. The molecule has 0 radical (unpaired) electrons. The van der Waals surface area contributed by atoms with Crippen LogP contribution in [-0.4, -0.2) is 10.9 Å². The predicted octanol–water partition coefficient (Wildman–Crippen LogP) is 4.78. The summed E-state index contributed by atoms with van der Waals surface area (Å²) in [7, 11) is 0. The summed E-state index contributed by atoms with van der Waals surface area (Å²) in [5, 5.41) is 10.0. The lowest BCUT2D eigenvalue weighted by molar-refractivity contribution is 0.102. The van der Waals surface area contributed by atoms with E-state index in [2.05, 4.69) is 10.3 Å². The quantitative estimate of drug-likeness (QED) is 0.754. The third-order valence-electron chi connectivity index (χ3n) is 2.61. The van der Waals surface area contributed by atoms with E-state index in [1.807, 2.05) is 16.8 Å². The van der Waals surface area contributed by atoms with Crippen molar-refractivity contribution in [2.45, 2.75) is 0 Å². The highest BCUT2D eigenvalue weighted by molar-refractivity contribution is 7.14. The number of nitrogens with one attached hydrogen (secondary N) is 1. The minimum absolute atomic E-state index is 0.218. The van der Waals surface area contributed by atoms with Gasteiger partial charge >= 0.3 is 0 Å². The molecule has 0 aliphatic rings. The van der Waals surface area contributed by atoms with Gasteiger partial charge < -0.3 is 5.32 Å². The standard InChI is InChI=1S/C14H9ClN2OS2/c15-10-1-3-11(4-2-10)16-13(18)12-8-20-14(17-12)9-5-6-19-7-9/h1-8H,(H,16,18). The Balaban J connectivity index is 1.76. The summed E-state index contributed by atoms with van der Waals surface area (Å²) >= 11 is 8.88. The molecule has 6 heteroatoms. The molecule has 1 amide bonds. The molecule has 3 aromatic rings. The highest BCUT2D eigenvalue weighted by atomic mass is 35.5. The first-order valence-corrected chi connectivity index (χ1v) is 7.97. The number of nitrogens with zero attached hydrogens (tertiary/aromatic N) is 1. The van der Waals surface area contributed by atoms with E-state index in [-0.39, 0.29) is 5.91 Å². The Kier molecular flexibility index (Phi) is 3.82. The molecule has 20 heavy (non-hydrogen) atoms. The average Bonchev–Trinajstić information content (AvgIpc) is 3.11. The molecule has 0 saturated heterocycles. The first kappa shape index (κ1) is 13.3. The number of thiophene rings is 1. The number of hydrogen-bond donors (Lipinski definition) is 1. The smallest absolute Gasteiger partial charge is 0.275 e. The fourth-order valence-electron chi connectivity index (χ4n) is 1.63. The monoisotopic (exact) mass is 320 g/mol. The van der Waals surface area contributed by atoms with E-state index in [1.165, 1.54) is 11.3 Å². The van der Waals surface area contributed by atoms with Crippen LogP contribution in [0.25, 0.3) is 10.6 Å². The molecule has 0 spiro atoms. The number of aromatic nitrogens is 1. The summed E-state index contributed by atoms with van der Waals surface area (Å²) in [4.78, 5) is 16.4. The van der Waals surface area contributed by atoms with Gasteiger partial charge in [-0.25, -0.2) is 4.98 Å². The lowest BCUT2D eigenvalue weighted by Gasteiger charge is -2.02. The number of rotatable bonds is 3. The molecule has 0 unspecified atom stereocenters. The maximum absolute atomic E-state index is 12.1. The zero-order valence-corrected chi connectivity index (χ0v) is 12.6. The van der Waals surface area contributed by atoms with Gasteiger partial charge in [-0.15, -0.1) is 11.3 Å². The molecule has 0 atom stereocenters. The van der Waals surface area contributed by atoms with Crippen LogP contribution in [0.4, 0.5) is 5.69 Å². The van der Waals surface area contributed by atoms with Crippen LogP contribution in [0.1, 0.15) is 10.5 Å². The highest BCUT2D eigenvalue weighted by Crippen LogP contribution is 2.26. The molecule has 1 aromatic carbocycles. The minimum atomic E-state index is -0.218. The minimum Gasteiger partial charge on any atom is -0.321 e. The molecular weight excluding hydrogens is 312 g/mol. The van der Waals surface area contributed by atoms with Crippen molar-refractivity contribution in [3.05, 3.63) is 57.2 Å². The van der Waals surface area contributed by atoms with Gasteiger partial charge in [-0.1, -0.05) is 11.6 Å². The summed E-state index contributed by atoms with van der Waals surface area (Å²) in [6.07, 6.45) is 0. The lowest BCUT2D eigenvalue weighted by atomic mass is 10.3. The normalized spacial score (nSPS) is 10.4. The van der Waals surface area contributed by atoms with E-state index in [1.54, 1.807) is 41.0 Å². The third-order valence-corrected chi connectivity index (χ3v) is 4.43. The number of anilines is 1. The van der Waals surface area contributed by atoms with Crippen LogP contribution in [0.3, 0.4) is 0 Å². The predicted molar refractivity (Wildman–Crippen MR) is 84.8 cm³/mol. The molecule has 0 fully saturated rings. The average molecular weight is 321 g/mol. The number of carbonyl (C=O) groups excluding carboxylic acids is 1. The summed E-state index contributed by atoms with van der Waals surface area (Å²) in [6.45, 7) is 0. The van der Waals surface area contributed by atoms with E-state index in [0.29, 0.717) is 16.4 Å². The van der Waals surface area contributed by atoms with Crippen molar-refractivity contribution in [1.82, 2.24) is 4.98 Å². The van der Waals surface area contributed by atoms with Crippen molar-refractivity contribution in [2.24, 2.45) is 0 Å². The summed E-state index contributed by atoms with van der Waals surface area (Å²) in [5.41, 5.74) is 2.17. The van der Waals surface area contributed by atoms with E-state index < -0.39 is 0 Å². The van der Waals surface area contributed by atoms with Crippen LogP contribution in [0.15, 0.2) is 46.5 Å². The van der Waals surface area contributed by atoms with E-state index in [0.717, 1.165) is 10.6 Å². The number of halogens is 1.